The van der Waals surface area contributed by atoms with Crippen LogP contribution >= 0.6 is 23.1 Å². The predicted molar refractivity (Wildman–Crippen MR) is 150 cm³/mol. The number of nitrogens with one attached hydrogen (secondary N) is 1. The van der Waals surface area contributed by atoms with Crippen LogP contribution in [0, 0.1) is 6.92 Å². The Labute approximate surface area is 238 Å². The molecular weight excluding hydrogens is 554 g/mol. The molecule has 40 heavy (non-hydrogen) atoms. The lowest BCUT2D eigenvalue weighted by Gasteiger charge is -2.29. The van der Waals surface area contributed by atoms with Gasteiger partial charge in [-0.25, -0.2) is 0 Å². The van der Waals surface area contributed by atoms with Crippen molar-refractivity contribution in [3.8, 4) is 28.0 Å². The Hall–Kier alpha value is -3.90. The first-order valence-corrected chi connectivity index (χ1v) is 14.7. The molecule has 0 fully saturated rings. The van der Waals surface area contributed by atoms with Crippen molar-refractivity contribution in [2.45, 2.75) is 45.6 Å². The van der Waals surface area contributed by atoms with Crippen molar-refractivity contribution in [2.75, 3.05) is 12.0 Å². The number of aromatic hydroxyl groups is 2. The molecule has 3 heterocycles. The molecule has 2 aliphatic rings. The molecule has 3 aromatic rings. The zero-order chi connectivity index (χ0) is 28.9. The molecule has 0 radical (unpaired) electrons. The number of thiophene rings is 1. The highest BCUT2D eigenvalue weighted by atomic mass is 32.2. The molecule has 2 atom stereocenters. The average Bonchev–Trinajstić information content (AvgIpc) is 3.65. The number of hydrogen-bond acceptors (Lipinski definition) is 12. The Morgan fingerprint density at radius 2 is 2.00 bits per heavy atom. The van der Waals surface area contributed by atoms with E-state index in [2.05, 4.69) is 15.5 Å². The summed E-state index contributed by atoms with van der Waals surface area (Å²) in [6, 6.07) is 3.29. The van der Waals surface area contributed by atoms with Crippen molar-refractivity contribution in [3.63, 3.8) is 0 Å². The van der Waals surface area contributed by atoms with Crippen molar-refractivity contribution >= 4 is 40.4 Å². The summed E-state index contributed by atoms with van der Waals surface area (Å²) in [4.78, 5) is 45.2. The van der Waals surface area contributed by atoms with E-state index in [9.17, 15) is 24.6 Å². The second kappa shape index (κ2) is 10.3. The van der Waals surface area contributed by atoms with Gasteiger partial charge in [0, 0.05) is 17.3 Å². The molecular formula is C28H27N3O7S2. The SMILES string of the molecule is CSCC[C@H](N/C(C)=C1\C(=O)C=C2Oc3c(C(C)=O)c(O)c(C)c(O)c3[C@@]2(C)C1=O)c1nc(-c2cccs2)no1. The Morgan fingerprint density at radius 1 is 1.25 bits per heavy atom. The summed E-state index contributed by atoms with van der Waals surface area (Å²) < 4.78 is 11.4. The number of rotatable bonds is 8. The number of hydrogen-bond donors (Lipinski definition) is 3. The maximum atomic E-state index is 14.1. The van der Waals surface area contributed by atoms with Crippen molar-refractivity contribution in [2.24, 2.45) is 0 Å². The molecule has 0 amide bonds. The van der Waals surface area contributed by atoms with Crippen LogP contribution in [-0.2, 0) is 15.0 Å². The van der Waals surface area contributed by atoms with Gasteiger partial charge in [-0.3, -0.25) is 14.4 Å². The third kappa shape index (κ3) is 4.22. The fourth-order valence-corrected chi connectivity index (χ4v) is 6.19. The summed E-state index contributed by atoms with van der Waals surface area (Å²) >= 11 is 3.11. The van der Waals surface area contributed by atoms with E-state index in [4.69, 9.17) is 9.26 Å². The van der Waals surface area contributed by atoms with Crippen molar-refractivity contribution < 1.29 is 33.9 Å². The van der Waals surface area contributed by atoms with E-state index in [0.29, 0.717) is 23.8 Å². The quantitative estimate of drug-likeness (QED) is 0.192. The topological polar surface area (TPSA) is 152 Å². The van der Waals surface area contributed by atoms with E-state index in [1.54, 1.807) is 18.7 Å². The summed E-state index contributed by atoms with van der Waals surface area (Å²) in [5.41, 5.74) is -1.50. The van der Waals surface area contributed by atoms with Crippen LogP contribution in [0.15, 0.2) is 45.1 Å². The van der Waals surface area contributed by atoms with Gasteiger partial charge in [0.2, 0.25) is 11.7 Å². The third-order valence-electron chi connectivity index (χ3n) is 7.24. The van der Waals surface area contributed by atoms with Crippen LogP contribution in [0.4, 0.5) is 0 Å². The lowest BCUT2D eigenvalue weighted by molar-refractivity contribution is -0.123. The fraction of sp³-hybridized carbons (Fsp3) is 0.321. The number of benzene rings is 1. The summed E-state index contributed by atoms with van der Waals surface area (Å²) in [5.74, 6) is -1.15. The molecule has 10 nitrogen and oxygen atoms in total. The minimum absolute atomic E-state index is 0.0201. The van der Waals surface area contributed by atoms with Gasteiger partial charge < -0.3 is 24.8 Å². The van der Waals surface area contributed by atoms with E-state index in [-0.39, 0.29) is 39.5 Å². The number of fused-ring (bicyclic) bond motifs is 3. The van der Waals surface area contributed by atoms with Gasteiger partial charge in [0.1, 0.15) is 40.0 Å². The molecule has 12 heteroatoms. The lowest BCUT2D eigenvalue weighted by atomic mass is 9.70. The Morgan fingerprint density at radius 3 is 2.65 bits per heavy atom. The zero-order valence-corrected chi connectivity index (χ0v) is 24.1. The minimum atomic E-state index is -1.60. The first-order valence-electron chi connectivity index (χ1n) is 12.4. The highest BCUT2D eigenvalue weighted by Gasteiger charge is 2.56. The van der Waals surface area contributed by atoms with E-state index in [1.807, 2.05) is 23.8 Å². The van der Waals surface area contributed by atoms with Crippen LogP contribution < -0.4 is 10.1 Å². The van der Waals surface area contributed by atoms with Crippen molar-refractivity contribution in [3.05, 3.63) is 63.2 Å². The number of phenolic OH excluding ortho intramolecular Hbond substituents is 2. The Kier molecular flexibility index (Phi) is 7.09. The summed E-state index contributed by atoms with van der Waals surface area (Å²) in [5, 5.41) is 30.8. The summed E-state index contributed by atoms with van der Waals surface area (Å²) in [7, 11) is 0. The molecule has 0 spiro atoms. The number of carbonyl (C=O) groups excluding carboxylic acids is 3. The maximum Gasteiger partial charge on any atom is 0.249 e. The lowest BCUT2D eigenvalue weighted by Crippen LogP contribution is -2.41. The van der Waals surface area contributed by atoms with E-state index < -0.39 is 34.6 Å². The predicted octanol–water partition coefficient (Wildman–Crippen LogP) is 4.76. The molecule has 208 valence electrons. The number of allylic oxidation sites excluding steroid dienone is 4. The first kappa shape index (κ1) is 27.7. The maximum absolute atomic E-state index is 14.1. The number of nitrogens with zero attached hydrogens (tertiary/aromatic N) is 2. The van der Waals surface area contributed by atoms with Crippen LogP contribution in [0.3, 0.4) is 0 Å². The average molecular weight is 582 g/mol. The van der Waals surface area contributed by atoms with Gasteiger partial charge in [0.25, 0.3) is 0 Å². The molecule has 0 unspecified atom stereocenters. The van der Waals surface area contributed by atoms with Gasteiger partial charge >= 0.3 is 0 Å². The molecule has 3 N–H and O–H groups in total. The number of thioether (sulfide) groups is 1. The van der Waals surface area contributed by atoms with Crippen LogP contribution in [0.25, 0.3) is 10.7 Å². The van der Waals surface area contributed by atoms with Gasteiger partial charge in [-0.1, -0.05) is 11.2 Å². The summed E-state index contributed by atoms with van der Waals surface area (Å²) in [6.07, 6.45) is 3.73. The van der Waals surface area contributed by atoms with Crippen LogP contribution in [0.2, 0.25) is 0 Å². The van der Waals surface area contributed by atoms with Gasteiger partial charge in [-0.15, -0.1) is 11.3 Å². The zero-order valence-electron chi connectivity index (χ0n) is 22.4. The largest absolute Gasteiger partial charge is 0.507 e. The number of aromatic nitrogens is 2. The number of carbonyl (C=O) groups is 3. The van der Waals surface area contributed by atoms with Gasteiger partial charge in [0.05, 0.1) is 16.0 Å². The summed E-state index contributed by atoms with van der Waals surface area (Å²) in [6.45, 7) is 5.84. The number of ketones is 3. The van der Waals surface area contributed by atoms with Crippen molar-refractivity contribution in [1.29, 1.82) is 0 Å². The standard InChI is InChI=1S/C28H27N3O7S2/c1-12-22(34)20(14(3)32)24-21(23(12)35)28(4)18(37-24)11-16(33)19(25(28)36)13(2)29-15(8-10-39-5)27-30-26(31-38-27)17-7-6-9-40-17/h6-7,9,11,15,29,34-35H,8,10H2,1-5H3/b19-13+/t15-,28-/m0/s1. The highest BCUT2D eigenvalue weighted by molar-refractivity contribution is 7.98. The first-order chi connectivity index (χ1) is 19.0. The molecule has 2 aromatic heterocycles. The van der Waals surface area contributed by atoms with Gasteiger partial charge in [0.15, 0.2) is 17.3 Å². The molecule has 1 aliphatic heterocycles. The third-order valence-corrected chi connectivity index (χ3v) is 8.75. The number of Topliss-reactive ketones (excluding diaryl/α,β-unsaturated/α-hetero) is 2. The minimum Gasteiger partial charge on any atom is -0.507 e. The molecule has 1 aromatic carbocycles. The second-order valence-electron chi connectivity index (χ2n) is 9.80. The fourth-order valence-electron chi connectivity index (χ4n) is 5.07. The van der Waals surface area contributed by atoms with Gasteiger partial charge in [-0.2, -0.15) is 16.7 Å². The smallest absolute Gasteiger partial charge is 0.249 e. The number of ether oxygens (including phenoxy) is 1. The second-order valence-corrected chi connectivity index (χ2v) is 11.7. The molecule has 0 saturated carbocycles. The van der Waals surface area contributed by atoms with E-state index in [0.717, 1.165) is 10.6 Å². The van der Waals surface area contributed by atoms with Gasteiger partial charge in [-0.05, 0) is 57.6 Å². The van der Waals surface area contributed by atoms with E-state index >= 15 is 0 Å². The molecule has 5 rings (SSSR count). The normalized spacial score (nSPS) is 20.0. The van der Waals surface area contributed by atoms with Crippen LogP contribution in [0.1, 0.15) is 60.6 Å². The molecule has 1 aliphatic carbocycles. The van der Waals surface area contributed by atoms with Crippen molar-refractivity contribution in [1.82, 2.24) is 15.5 Å². The number of phenols is 2. The highest BCUT2D eigenvalue weighted by Crippen LogP contribution is 2.57. The Balaban J connectivity index is 1.57. The van der Waals surface area contributed by atoms with Crippen LogP contribution in [-0.4, -0.2) is 49.7 Å². The monoisotopic (exact) mass is 581 g/mol. The van der Waals surface area contributed by atoms with E-state index in [1.165, 1.54) is 38.2 Å². The molecule has 0 saturated heterocycles. The molecule has 0 bridgehead atoms. The van der Waals surface area contributed by atoms with Crippen LogP contribution in [0.5, 0.6) is 17.2 Å². The Bertz CT molecular complexity index is 1620.